The molecule has 38 heavy (non-hydrogen) atoms. The maximum Gasteiger partial charge on any atom is 0.312 e. The van der Waals surface area contributed by atoms with Gasteiger partial charge in [-0.05, 0) is 37.5 Å². The summed E-state index contributed by atoms with van der Waals surface area (Å²) in [6.07, 6.45) is 0.481. The van der Waals surface area contributed by atoms with Crippen molar-refractivity contribution in [3.8, 4) is 0 Å². The molecule has 0 radical (unpaired) electrons. The van der Waals surface area contributed by atoms with Crippen LogP contribution in [-0.2, 0) is 30.5 Å². The third-order valence-corrected chi connectivity index (χ3v) is 8.06. The molecule has 0 saturated carbocycles. The van der Waals surface area contributed by atoms with Crippen LogP contribution in [0.15, 0.2) is 54.6 Å². The highest BCUT2D eigenvalue weighted by atomic mass is 16.6. The van der Waals surface area contributed by atoms with Crippen molar-refractivity contribution in [1.82, 2.24) is 25.2 Å². The van der Waals surface area contributed by atoms with Crippen LogP contribution in [0.1, 0.15) is 31.4 Å². The van der Waals surface area contributed by atoms with Crippen molar-refractivity contribution in [3.63, 3.8) is 0 Å². The molecule has 3 aliphatic heterocycles. The molecule has 2 aromatic carbocycles. The summed E-state index contributed by atoms with van der Waals surface area (Å²) in [5, 5.41) is 21.6. The Kier molecular flexibility index (Phi) is 6.11. The highest BCUT2D eigenvalue weighted by Crippen LogP contribution is 2.59. The number of amides is 2. The third kappa shape index (κ3) is 3.60. The molecule has 3 aromatic rings. The summed E-state index contributed by atoms with van der Waals surface area (Å²) < 4.78 is 13.3. The van der Waals surface area contributed by atoms with Gasteiger partial charge in [0.25, 0.3) is 0 Å². The second-order valence-electron chi connectivity index (χ2n) is 9.94. The number of benzene rings is 2. The summed E-state index contributed by atoms with van der Waals surface area (Å²) in [4.78, 5) is 42.5. The molecule has 198 valence electrons. The zero-order valence-corrected chi connectivity index (χ0v) is 20.9. The van der Waals surface area contributed by atoms with Crippen LogP contribution in [0.25, 0.3) is 11.0 Å². The summed E-state index contributed by atoms with van der Waals surface area (Å²) in [5.41, 5.74) is 0.927. The number of aliphatic hydroxyl groups is 1. The molecule has 2 bridgehead atoms. The zero-order chi connectivity index (χ0) is 26.4. The molecule has 3 saturated heterocycles. The number of esters is 1. The van der Waals surface area contributed by atoms with Gasteiger partial charge in [0, 0.05) is 0 Å². The van der Waals surface area contributed by atoms with Gasteiger partial charge < -0.3 is 24.8 Å². The first-order valence-corrected chi connectivity index (χ1v) is 12.9. The molecule has 6 rings (SSSR count). The molecule has 6 atom stereocenters. The summed E-state index contributed by atoms with van der Waals surface area (Å²) in [6, 6.07) is 14.6. The van der Waals surface area contributed by atoms with E-state index >= 15 is 0 Å². The number of hydrogen-bond acceptors (Lipinski definition) is 8. The highest BCUT2D eigenvalue weighted by molar-refractivity contribution is 5.98. The van der Waals surface area contributed by atoms with Crippen molar-refractivity contribution in [2.45, 2.75) is 50.2 Å². The van der Waals surface area contributed by atoms with Gasteiger partial charge >= 0.3 is 5.97 Å². The Bertz CT molecular complexity index is 1380. The van der Waals surface area contributed by atoms with Gasteiger partial charge in [-0.1, -0.05) is 47.7 Å². The van der Waals surface area contributed by atoms with Gasteiger partial charge in [-0.2, -0.15) is 0 Å². The number of para-hydroxylation sites is 1. The van der Waals surface area contributed by atoms with E-state index in [1.54, 1.807) is 23.7 Å². The van der Waals surface area contributed by atoms with Crippen LogP contribution in [-0.4, -0.2) is 73.7 Å². The summed E-state index contributed by atoms with van der Waals surface area (Å²) in [7, 11) is 0. The van der Waals surface area contributed by atoms with Crippen LogP contribution in [0.4, 0.5) is 0 Å². The molecule has 2 amide bonds. The molecular formula is C27H29N5O6. The topological polar surface area (TPSA) is 136 Å². The van der Waals surface area contributed by atoms with E-state index in [-0.39, 0.29) is 19.2 Å². The molecule has 3 fully saturated rings. The van der Waals surface area contributed by atoms with Crippen LogP contribution in [0.3, 0.4) is 0 Å². The lowest BCUT2D eigenvalue weighted by Crippen LogP contribution is -2.56. The fraction of sp³-hybridized carbons (Fsp3) is 0.444. The minimum absolute atomic E-state index is 0.0263. The standard InChI is InChI=1S/C27H29N5O6/c1-2-37-26(36)21-20-12-13-27(38-20)22(21)25(35)32(19(14-33)16-8-4-3-5-9-16)23(27)24(34)28-15-31-18-11-7-6-10-17(18)29-30-31/h3-11,19-23,33H,2,12-15H2,1H3,(H,28,34)/t19-,20-,21+,22+,23?,27?/m1/s1. The molecule has 1 aromatic heterocycles. The summed E-state index contributed by atoms with van der Waals surface area (Å²) in [5.74, 6) is -3.00. The van der Waals surface area contributed by atoms with E-state index in [0.717, 1.165) is 5.52 Å². The predicted molar refractivity (Wildman–Crippen MR) is 133 cm³/mol. The maximum absolute atomic E-state index is 14.1. The first-order chi connectivity index (χ1) is 18.5. The van der Waals surface area contributed by atoms with Crippen molar-refractivity contribution >= 4 is 28.8 Å². The number of ether oxygens (including phenoxy) is 2. The molecule has 11 heteroatoms. The van der Waals surface area contributed by atoms with Gasteiger partial charge in [0.05, 0.1) is 42.7 Å². The number of carbonyl (C=O) groups excluding carboxylic acids is 3. The van der Waals surface area contributed by atoms with Crippen molar-refractivity contribution in [3.05, 3.63) is 60.2 Å². The van der Waals surface area contributed by atoms with Gasteiger partial charge in [-0.25, -0.2) is 4.68 Å². The van der Waals surface area contributed by atoms with Gasteiger partial charge in [0.2, 0.25) is 11.8 Å². The predicted octanol–water partition coefficient (Wildman–Crippen LogP) is 1.18. The van der Waals surface area contributed by atoms with Crippen LogP contribution < -0.4 is 5.32 Å². The maximum atomic E-state index is 14.1. The third-order valence-electron chi connectivity index (χ3n) is 8.06. The Morgan fingerprint density at radius 3 is 2.74 bits per heavy atom. The lowest BCUT2D eigenvalue weighted by atomic mass is 9.71. The van der Waals surface area contributed by atoms with E-state index in [0.29, 0.717) is 23.9 Å². The van der Waals surface area contributed by atoms with Crippen molar-refractivity contribution in [1.29, 1.82) is 0 Å². The van der Waals surface area contributed by atoms with E-state index in [1.807, 2.05) is 42.5 Å². The van der Waals surface area contributed by atoms with Gasteiger partial charge in [-0.3, -0.25) is 14.4 Å². The molecule has 3 aliphatic rings. The van der Waals surface area contributed by atoms with Crippen LogP contribution >= 0.6 is 0 Å². The lowest BCUT2D eigenvalue weighted by Gasteiger charge is -2.36. The van der Waals surface area contributed by atoms with E-state index < -0.39 is 54.1 Å². The molecule has 11 nitrogen and oxygen atoms in total. The fourth-order valence-electron chi connectivity index (χ4n) is 6.55. The first kappa shape index (κ1) is 24.5. The van der Waals surface area contributed by atoms with Gasteiger partial charge in [-0.15, -0.1) is 5.10 Å². The fourth-order valence-corrected chi connectivity index (χ4v) is 6.55. The molecule has 2 unspecified atom stereocenters. The Morgan fingerprint density at radius 1 is 1.21 bits per heavy atom. The number of hydrogen-bond donors (Lipinski definition) is 2. The monoisotopic (exact) mass is 519 g/mol. The normalized spacial score (nSPS) is 28.5. The number of aromatic nitrogens is 3. The largest absolute Gasteiger partial charge is 0.466 e. The van der Waals surface area contributed by atoms with Crippen LogP contribution in [0, 0.1) is 11.8 Å². The van der Waals surface area contributed by atoms with Crippen molar-refractivity contribution < 1.29 is 29.0 Å². The molecule has 1 spiro atoms. The molecule has 4 heterocycles. The number of aliphatic hydroxyl groups excluding tert-OH is 1. The van der Waals surface area contributed by atoms with E-state index in [1.165, 1.54) is 4.90 Å². The second-order valence-corrected chi connectivity index (χ2v) is 9.94. The van der Waals surface area contributed by atoms with E-state index in [9.17, 15) is 19.5 Å². The molecular weight excluding hydrogens is 490 g/mol. The number of nitrogens with zero attached hydrogens (tertiary/aromatic N) is 4. The Labute approximate surface area is 218 Å². The van der Waals surface area contributed by atoms with Crippen LogP contribution in [0.2, 0.25) is 0 Å². The Morgan fingerprint density at radius 2 is 1.97 bits per heavy atom. The van der Waals surface area contributed by atoms with Gasteiger partial charge in [0.1, 0.15) is 23.8 Å². The van der Waals surface area contributed by atoms with E-state index in [4.69, 9.17) is 9.47 Å². The number of carbonyl (C=O) groups is 3. The minimum atomic E-state index is -1.20. The summed E-state index contributed by atoms with van der Waals surface area (Å²) >= 11 is 0. The number of fused-ring (bicyclic) bond motifs is 2. The smallest absolute Gasteiger partial charge is 0.312 e. The quantitative estimate of drug-likeness (QED) is 0.424. The number of likely N-dealkylation sites (tertiary alicyclic amines) is 1. The van der Waals surface area contributed by atoms with Crippen LogP contribution in [0.5, 0.6) is 0 Å². The second kappa shape index (κ2) is 9.48. The highest BCUT2D eigenvalue weighted by Gasteiger charge is 2.75. The zero-order valence-electron chi connectivity index (χ0n) is 20.9. The Hall–Kier alpha value is -3.83. The Balaban J connectivity index is 1.37. The van der Waals surface area contributed by atoms with Crippen molar-refractivity contribution in [2.24, 2.45) is 11.8 Å². The van der Waals surface area contributed by atoms with E-state index in [2.05, 4.69) is 15.6 Å². The average Bonchev–Trinajstić information content (AvgIpc) is 3.68. The minimum Gasteiger partial charge on any atom is -0.466 e. The number of nitrogens with one attached hydrogen (secondary N) is 1. The molecule has 2 N–H and O–H groups in total. The SMILES string of the molecule is CCOC(=O)[C@@H]1[C@H]2C(=O)N([C@H](CO)c3ccccc3)C(C(=O)NCn3nnc4ccccc43)C23CC[C@H]1O3. The lowest BCUT2D eigenvalue weighted by molar-refractivity contribution is -0.155. The average molecular weight is 520 g/mol. The van der Waals surface area contributed by atoms with Gasteiger partial charge in [0.15, 0.2) is 0 Å². The van der Waals surface area contributed by atoms with Crippen molar-refractivity contribution in [2.75, 3.05) is 13.2 Å². The summed E-state index contributed by atoms with van der Waals surface area (Å²) in [6.45, 7) is 1.52. The first-order valence-electron chi connectivity index (χ1n) is 12.9. The molecule has 0 aliphatic carbocycles. The number of rotatable bonds is 8.